The number of likely N-dealkylation sites (tertiary alicyclic amines) is 1. The second-order valence-electron chi connectivity index (χ2n) is 4.31. The van der Waals surface area contributed by atoms with Crippen molar-refractivity contribution in [3.05, 3.63) is 11.2 Å². The third-order valence-corrected chi connectivity index (χ3v) is 3.09. The molecule has 6 heteroatoms. The van der Waals surface area contributed by atoms with Crippen LogP contribution in [0.2, 0.25) is 5.02 Å². The first-order chi connectivity index (χ1) is 8.19. The molecule has 1 atom stereocenters. The summed E-state index contributed by atoms with van der Waals surface area (Å²) in [6, 6.07) is 0.418. The van der Waals surface area contributed by atoms with Crippen molar-refractivity contribution in [2.24, 2.45) is 0 Å². The van der Waals surface area contributed by atoms with Crippen molar-refractivity contribution in [2.75, 3.05) is 37.3 Å². The number of anilines is 2. The van der Waals surface area contributed by atoms with Crippen LogP contribution in [0.3, 0.4) is 0 Å². The summed E-state index contributed by atoms with van der Waals surface area (Å²) in [6.45, 7) is 4.95. The van der Waals surface area contributed by atoms with E-state index in [-0.39, 0.29) is 0 Å². The van der Waals surface area contributed by atoms with E-state index in [2.05, 4.69) is 32.5 Å². The van der Waals surface area contributed by atoms with E-state index in [1.807, 2.05) is 6.92 Å². The third-order valence-electron chi connectivity index (χ3n) is 2.81. The average molecular weight is 256 g/mol. The molecule has 0 amide bonds. The summed E-state index contributed by atoms with van der Waals surface area (Å²) >= 11 is 6.08. The highest BCUT2D eigenvalue weighted by Gasteiger charge is 2.20. The molecule has 5 nitrogen and oxygen atoms in total. The molecule has 1 unspecified atom stereocenters. The fourth-order valence-corrected chi connectivity index (χ4v) is 2.10. The number of halogens is 1. The first-order valence-corrected chi connectivity index (χ1v) is 6.28. The molecular weight excluding hydrogens is 238 g/mol. The van der Waals surface area contributed by atoms with Gasteiger partial charge >= 0.3 is 0 Å². The van der Waals surface area contributed by atoms with Crippen LogP contribution in [-0.4, -0.2) is 47.6 Å². The van der Waals surface area contributed by atoms with Crippen LogP contribution in [0.1, 0.15) is 13.3 Å². The van der Waals surface area contributed by atoms with E-state index in [0.29, 0.717) is 17.0 Å². The van der Waals surface area contributed by atoms with Gasteiger partial charge in [-0.25, -0.2) is 4.98 Å². The van der Waals surface area contributed by atoms with Gasteiger partial charge in [-0.1, -0.05) is 11.6 Å². The predicted molar refractivity (Wildman–Crippen MR) is 70.7 cm³/mol. The second kappa shape index (κ2) is 5.51. The molecule has 0 aromatic carbocycles. The monoisotopic (exact) mass is 255 g/mol. The summed E-state index contributed by atoms with van der Waals surface area (Å²) < 4.78 is 0. The smallest absolute Gasteiger partial charge is 0.224 e. The van der Waals surface area contributed by atoms with Crippen molar-refractivity contribution < 1.29 is 0 Å². The molecule has 0 saturated carbocycles. The van der Waals surface area contributed by atoms with Gasteiger partial charge in [-0.15, -0.1) is 0 Å². The molecule has 1 aromatic rings. The van der Waals surface area contributed by atoms with Gasteiger partial charge in [-0.05, 0) is 26.9 Å². The predicted octanol–water partition coefficient (Wildman–Crippen LogP) is 1.68. The van der Waals surface area contributed by atoms with E-state index < -0.39 is 0 Å². The molecule has 17 heavy (non-hydrogen) atoms. The number of hydrogen-bond donors (Lipinski definition) is 2. The first-order valence-electron chi connectivity index (χ1n) is 5.90. The van der Waals surface area contributed by atoms with Crippen molar-refractivity contribution in [1.82, 2.24) is 14.9 Å². The molecule has 0 spiro atoms. The molecule has 1 aromatic heterocycles. The maximum Gasteiger partial charge on any atom is 0.224 e. The van der Waals surface area contributed by atoms with Crippen LogP contribution in [0.5, 0.6) is 0 Å². The topological polar surface area (TPSA) is 53.1 Å². The van der Waals surface area contributed by atoms with Gasteiger partial charge in [-0.3, -0.25) is 0 Å². The number of rotatable bonds is 4. The van der Waals surface area contributed by atoms with E-state index in [1.165, 1.54) is 0 Å². The molecule has 0 radical (unpaired) electrons. The van der Waals surface area contributed by atoms with E-state index in [1.54, 1.807) is 6.20 Å². The molecule has 2 rings (SSSR count). The summed E-state index contributed by atoms with van der Waals surface area (Å²) in [6.07, 6.45) is 2.75. The molecule has 1 fully saturated rings. The van der Waals surface area contributed by atoms with Gasteiger partial charge in [0.1, 0.15) is 5.02 Å². The maximum absolute atomic E-state index is 6.08. The van der Waals surface area contributed by atoms with Crippen LogP contribution in [0, 0.1) is 0 Å². The third kappa shape index (κ3) is 3.20. The molecule has 1 aliphatic heterocycles. The zero-order valence-electron chi connectivity index (χ0n) is 10.2. The Kier molecular flexibility index (Phi) is 4.02. The number of hydrogen-bond acceptors (Lipinski definition) is 5. The fraction of sp³-hybridized carbons (Fsp3) is 0.636. The number of aromatic nitrogens is 2. The Morgan fingerprint density at radius 3 is 3.06 bits per heavy atom. The summed E-state index contributed by atoms with van der Waals surface area (Å²) in [5.74, 6) is 1.34. The lowest BCUT2D eigenvalue weighted by Crippen LogP contribution is -2.24. The van der Waals surface area contributed by atoms with Crippen LogP contribution in [0.4, 0.5) is 11.8 Å². The summed E-state index contributed by atoms with van der Waals surface area (Å²) in [7, 11) is 2.12. The van der Waals surface area contributed by atoms with Crippen molar-refractivity contribution >= 4 is 23.4 Å². The lowest BCUT2D eigenvalue weighted by atomic mass is 10.2. The highest BCUT2D eigenvalue weighted by atomic mass is 35.5. The Hall–Kier alpha value is -1.07. The Balaban J connectivity index is 2.06. The minimum Gasteiger partial charge on any atom is -0.365 e. The SMILES string of the molecule is CCNc1ncc(Cl)c(NC2CCN(C)C2)n1. The zero-order valence-corrected chi connectivity index (χ0v) is 11.0. The largest absolute Gasteiger partial charge is 0.365 e. The van der Waals surface area contributed by atoms with Gasteiger partial charge in [0, 0.05) is 19.1 Å². The second-order valence-corrected chi connectivity index (χ2v) is 4.72. The normalized spacial score (nSPS) is 20.5. The summed E-state index contributed by atoms with van der Waals surface area (Å²) in [4.78, 5) is 10.8. The molecule has 1 aliphatic rings. The van der Waals surface area contributed by atoms with Crippen LogP contribution < -0.4 is 10.6 Å². The van der Waals surface area contributed by atoms with Gasteiger partial charge in [0.05, 0.1) is 6.20 Å². The van der Waals surface area contributed by atoms with E-state index in [4.69, 9.17) is 11.6 Å². The van der Waals surface area contributed by atoms with Gasteiger partial charge in [0.2, 0.25) is 5.95 Å². The minimum atomic E-state index is 0.418. The quantitative estimate of drug-likeness (QED) is 0.857. The minimum absolute atomic E-state index is 0.418. The Labute approximate surface area is 107 Å². The van der Waals surface area contributed by atoms with E-state index in [0.717, 1.165) is 31.9 Å². The summed E-state index contributed by atoms with van der Waals surface area (Å²) in [5.41, 5.74) is 0. The van der Waals surface area contributed by atoms with Crippen LogP contribution in [0.15, 0.2) is 6.20 Å². The van der Waals surface area contributed by atoms with Crippen molar-refractivity contribution in [2.45, 2.75) is 19.4 Å². The molecule has 0 aliphatic carbocycles. The van der Waals surface area contributed by atoms with Gasteiger partial charge in [0.15, 0.2) is 5.82 Å². The highest BCUT2D eigenvalue weighted by molar-refractivity contribution is 6.32. The lowest BCUT2D eigenvalue weighted by Gasteiger charge is -2.15. The first kappa shape index (κ1) is 12.4. The van der Waals surface area contributed by atoms with Crippen molar-refractivity contribution in [1.29, 1.82) is 0 Å². The fourth-order valence-electron chi connectivity index (χ4n) is 1.96. The van der Waals surface area contributed by atoms with Gasteiger partial charge in [0.25, 0.3) is 0 Å². The molecule has 94 valence electrons. The van der Waals surface area contributed by atoms with Crippen LogP contribution in [0.25, 0.3) is 0 Å². The van der Waals surface area contributed by atoms with E-state index in [9.17, 15) is 0 Å². The molecule has 2 N–H and O–H groups in total. The number of nitrogens with zero attached hydrogens (tertiary/aromatic N) is 3. The van der Waals surface area contributed by atoms with Crippen molar-refractivity contribution in [3.63, 3.8) is 0 Å². The number of likely N-dealkylation sites (N-methyl/N-ethyl adjacent to an activating group) is 1. The van der Waals surface area contributed by atoms with E-state index >= 15 is 0 Å². The Morgan fingerprint density at radius 1 is 1.59 bits per heavy atom. The Bertz CT molecular complexity index is 384. The standard InChI is InChI=1S/C11H18ClN5/c1-3-13-11-14-6-9(12)10(16-11)15-8-4-5-17(2)7-8/h6,8H,3-5,7H2,1-2H3,(H2,13,14,15,16). The van der Waals surface area contributed by atoms with Crippen LogP contribution >= 0.6 is 11.6 Å². The molecule has 2 heterocycles. The average Bonchev–Trinajstić information content (AvgIpc) is 2.69. The molecule has 0 bridgehead atoms. The lowest BCUT2D eigenvalue weighted by molar-refractivity contribution is 0.414. The van der Waals surface area contributed by atoms with Crippen molar-refractivity contribution in [3.8, 4) is 0 Å². The Morgan fingerprint density at radius 2 is 2.41 bits per heavy atom. The number of nitrogens with one attached hydrogen (secondary N) is 2. The summed E-state index contributed by atoms with van der Waals surface area (Å²) in [5, 5.41) is 7.02. The van der Waals surface area contributed by atoms with Gasteiger partial charge in [-0.2, -0.15) is 4.98 Å². The zero-order chi connectivity index (χ0) is 12.3. The van der Waals surface area contributed by atoms with Gasteiger partial charge < -0.3 is 15.5 Å². The highest BCUT2D eigenvalue weighted by Crippen LogP contribution is 2.22. The molecule has 1 saturated heterocycles. The molecular formula is C11H18ClN5. The maximum atomic E-state index is 6.08. The van der Waals surface area contributed by atoms with Crippen LogP contribution in [-0.2, 0) is 0 Å².